The summed E-state index contributed by atoms with van der Waals surface area (Å²) in [6.45, 7) is 0. The van der Waals surface area contributed by atoms with Gasteiger partial charge in [-0.1, -0.05) is 52.3 Å². The average Bonchev–Trinajstić information content (AvgIpc) is 3.40. The summed E-state index contributed by atoms with van der Waals surface area (Å²) in [4.78, 5) is 56.1. The van der Waals surface area contributed by atoms with Gasteiger partial charge >= 0.3 is 0 Å². The quantitative estimate of drug-likeness (QED) is 0.233. The number of anilines is 1. The van der Waals surface area contributed by atoms with E-state index in [1.165, 1.54) is 0 Å². The lowest BCUT2D eigenvalue weighted by Crippen LogP contribution is -2.51. The smallest absolute Gasteiger partial charge is 0.241 e. The molecule has 34 heavy (non-hydrogen) atoms. The van der Waals surface area contributed by atoms with E-state index in [2.05, 4.69) is 38.5 Å². The number of benzene rings is 3. The Morgan fingerprint density at radius 1 is 0.824 bits per heavy atom. The monoisotopic (exact) mass is 627 g/mol. The molecule has 3 aromatic rings. The fourth-order valence-corrected chi connectivity index (χ4v) is 6.18. The van der Waals surface area contributed by atoms with E-state index in [9.17, 15) is 19.2 Å². The van der Waals surface area contributed by atoms with Crippen molar-refractivity contribution in [2.24, 2.45) is 11.8 Å². The van der Waals surface area contributed by atoms with Crippen LogP contribution in [0, 0.1) is 15.4 Å². The Morgan fingerprint density at radius 3 is 2.09 bits per heavy atom. The van der Waals surface area contributed by atoms with Crippen LogP contribution in [0.5, 0.6) is 0 Å². The van der Waals surface area contributed by atoms with Gasteiger partial charge in [-0.2, -0.15) is 0 Å². The number of hydrogen-bond acceptors (Lipinski definition) is 5. The Labute approximate surface area is 216 Å². The minimum atomic E-state index is -2.06. The highest BCUT2D eigenvalue weighted by atomic mass is 127. The number of Topliss-reactive ketones (excluding diaryl/α,β-unsaturated/α-hetero) is 2. The van der Waals surface area contributed by atoms with Gasteiger partial charge in [-0.3, -0.25) is 19.2 Å². The number of fused-ring (bicyclic) bond motifs is 3. The van der Waals surface area contributed by atoms with Crippen molar-refractivity contribution in [2.45, 2.75) is 11.7 Å². The maximum atomic E-state index is 13.8. The maximum Gasteiger partial charge on any atom is 0.241 e. The highest BCUT2D eigenvalue weighted by Crippen LogP contribution is 2.57. The van der Waals surface area contributed by atoms with Gasteiger partial charge in [0.1, 0.15) is 0 Å². The van der Waals surface area contributed by atoms with Crippen LogP contribution in [0.4, 0.5) is 5.69 Å². The molecule has 0 radical (unpaired) electrons. The molecule has 1 spiro atoms. The Hall–Kier alpha value is -2.69. The number of rotatable bonds is 2. The van der Waals surface area contributed by atoms with Gasteiger partial charge in [0.25, 0.3) is 0 Å². The molecule has 2 heterocycles. The number of hydrogen-bond donors (Lipinski definition) is 0. The fourth-order valence-electron chi connectivity index (χ4n) is 5.35. The number of halogens is 2. The second-order valence-corrected chi connectivity index (χ2v) is 10.7. The van der Waals surface area contributed by atoms with Crippen molar-refractivity contribution < 1.29 is 23.9 Å². The number of nitrogens with zero attached hydrogens (tertiary/aromatic N) is 1. The molecule has 6 rings (SSSR count). The molecule has 0 saturated carbocycles. The van der Waals surface area contributed by atoms with Crippen LogP contribution in [0.15, 0.2) is 77.3 Å². The van der Waals surface area contributed by atoms with E-state index in [0.29, 0.717) is 11.3 Å². The molecule has 0 N–H and O–H groups in total. The van der Waals surface area contributed by atoms with Crippen LogP contribution in [-0.4, -0.2) is 29.0 Å². The molecule has 6 nitrogen and oxygen atoms in total. The van der Waals surface area contributed by atoms with E-state index in [1.807, 2.05) is 18.2 Å². The number of carbonyl (C=O) groups excluding carboxylic acids is 4. The van der Waals surface area contributed by atoms with Crippen LogP contribution in [0.1, 0.15) is 32.4 Å². The average molecular weight is 628 g/mol. The number of ketones is 2. The topological polar surface area (TPSA) is 80.8 Å². The summed E-state index contributed by atoms with van der Waals surface area (Å²) in [6, 6.07) is 20.6. The zero-order chi connectivity index (χ0) is 23.8. The molecule has 168 valence electrons. The van der Waals surface area contributed by atoms with Crippen molar-refractivity contribution in [1.82, 2.24) is 0 Å². The van der Waals surface area contributed by atoms with Gasteiger partial charge in [0, 0.05) is 19.2 Å². The molecule has 2 fully saturated rings. The maximum absolute atomic E-state index is 13.8. The molecular weight excluding hydrogens is 613 g/mol. The standard InChI is InChI=1S/C26H15BrINO5/c27-14-8-10-16(11-9-14)29-24(32)19-20(25(29)33)26(34-21(19)13-4-3-5-15(28)12-13)22(30)17-6-1-2-7-18(17)23(26)31/h1-12,19-21H/t19-,20+,21+/m0/s1. The predicted molar refractivity (Wildman–Crippen MR) is 134 cm³/mol. The van der Waals surface area contributed by atoms with Gasteiger partial charge in [-0.25, -0.2) is 4.90 Å². The molecular formula is C26H15BrINO5. The lowest BCUT2D eigenvalue weighted by Gasteiger charge is -2.27. The molecule has 8 heteroatoms. The first-order chi connectivity index (χ1) is 16.3. The largest absolute Gasteiger partial charge is 0.349 e. The van der Waals surface area contributed by atoms with E-state index in [4.69, 9.17) is 4.74 Å². The highest BCUT2D eigenvalue weighted by Gasteiger charge is 2.74. The molecule has 3 atom stereocenters. The molecule has 2 aliphatic heterocycles. The number of amides is 2. The second-order valence-electron chi connectivity index (χ2n) is 8.52. The van der Waals surface area contributed by atoms with Crippen molar-refractivity contribution in [3.05, 3.63) is 97.5 Å². The first-order valence-corrected chi connectivity index (χ1v) is 12.5. The lowest BCUT2D eigenvalue weighted by molar-refractivity contribution is -0.127. The van der Waals surface area contributed by atoms with Gasteiger partial charge in [-0.05, 0) is 64.6 Å². The fraction of sp³-hybridized carbons (Fsp3) is 0.154. The minimum Gasteiger partial charge on any atom is -0.349 e. The molecule has 0 aromatic heterocycles. The number of imide groups is 1. The molecule has 0 bridgehead atoms. The van der Waals surface area contributed by atoms with Crippen molar-refractivity contribution in [3.8, 4) is 0 Å². The van der Waals surface area contributed by atoms with Crippen molar-refractivity contribution in [3.63, 3.8) is 0 Å². The van der Waals surface area contributed by atoms with Crippen molar-refractivity contribution in [2.75, 3.05) is 4.90 Å². The van der Waals surface area contributed by atoms with E-state index in [1.54, 1.807) is 54.6 Å². The first-order valence-electron chi connectivity index (χ1n) is 10.6. The summed E-state index contributed by atoms with van der Waals surface area (Å²) >= 11 is 5.51. The van der Waals surface area contributed by atoms with Crippen LogP contribution in [0.2, 0.25) is 0 Å². The number of carbonyl (C=O) groups is 4. The molecule has 2 amide bonds. The zero-order valence-electron chi connectivity index (χ0n) is 17.4. The third kappa shape index (κ3) is 2.82. The molecule has 2 saturated heterocycles. The van der Waals surface area contributed by atoms with Crippen LogP contribution in [-0.2, 0) is 14.3 Å². The van der Waals surface area contributed by atoms with Crippen LogP contribution in [0.3, 0.4) is 0 Å². The molecule has 3 aromatic carbocycles. The third-order valence-electron chi connectivity index (χ3n) is 6.78. The van der Waals surface area contributed by atoms with Gasteiger partial charge in [0.2, 0.25) is 29.0 Å². The Kier molecular flexibility index (Phi) is 4.91. The minimum absolute atomic E-state index is 0.219. The van der Waals surface area contributed by atoms with E-state index < -0.39 is 46.9 Å². The van der Waals surface area contributed by atoms with Gasteiger partial charge in [0.05, 0.1) is 23.6 Å². The molecule has 0 unspecified atom stereocenters. The van der Waals surface area contributed by atoms with E-state index in [0.717, 1.165) is 12.9 Å². The predicted octanol–water partition coefficient (Wildman–Crippen LogP) is 4.75. The van der Waals surface area contributed by atoms with Gasteiger partial charge in [0.15, 0.2) is 0 Å². The third-order valence-corrected chi connectivity index (χ3v) is 7.98. The second kappa shape index (κ2) is 7.66. The Balaban J connectivity index is 1.55. The van der Waals surface area contributed by atoms with Crippen LogP contribution >= 0.6 is 38.5 Å². The Bertz CT molecular complexity index is 1380. The van der Waals surface area contributed by atoms with E-state index in [-0.39, 0.29) is 11.1 Å². The lowest BCUT2D eigenvalue weighted by atomic mass is 9.77. The van der Waals surface area contributed by atoms with Crippen molar-refractivity contribution >= 4 is 67.6 Å². The summed E-state index contributed by atoms with van der Waals surface area (Å²) in [7, 11) is 0. The molecule has 3 aliphatic rings. The molecule has 1 aliphatic carbocycles. The summed E-state index contributed by atoms with van der Waals surface area (Å²) in [5.41, 5.74) is -0.584. The normalized spacial score (nSPS) is 24.8. The van der Waals surface area contributed by atoms with Crippen molar-refractivity contribution in [1.29, 1.82) is 0 Å². The summed E-state index contributed by atoms with van der Waals surface area (Å²) in [6.07, 6.45) is -0.918. The summed E-state index contributed by atoms with van der Waals surface area (Å²) < 4.78 is 7.99. The van der Waals surface area contributed by atoms with Crippen LogP contribution in [0.25, 0.3) is 0 Å². The first kappa shape index (κ1) is 21.8. The number of ether oxygens (including phenoxy) is 1. The highest BCUT2D eigenvalue weighted by molar-refractivity contribution is 14.1. The SMILES string of the molecule is O=C1[C@@H]2[C@@H](c3cccc(I)c3)OC3(C(=O)c4ccccc4C3=O)[C@H]2C(=O)N1c1ccc(Br)cc1. The van der Waals surface area contributed by atoms with Crippen LogP contribution < -0.4 is 4.90 Å². The zero-order valence-corrected chi connectivity index (χ0v) is 21.1. The summed E-state index contributed by atoms with van der Waals surface area (Å²) in [5, 5.41) is 0. The Morgan fingerprint density at radius 2 is 1.47 bits per heavy atom. The van der Waals surface area contributed by atoms with E-state index >= 15 is 0 Å². The summed E-state index contributed by atoms with van der Waals surface area (Å²) in [5.74, 6) is -4.45. The van der Waals surface area contributed by atoms with Gasteiger partial charge < -0.3 is 4.74 Å². The van der Waals surface area contributed by atoms with Gasteiger partial charge in [-0.15, -0.1) is 0 Å².